The molecule has 0 aliphatic carbocycles. The van der Waals surface area contributed by atoms with Crippen LogP contribution in [0.2, 0.25) is 0 Å². The first kappa shape index (κ1) is 13.8. The summed E-state index contributed by atoms with van der Waals surface area (Å²) < 4.78 is 9.82. The number of hydrogen-bond acceptors (Lipinski definition) is 6. The molecule has 0 amide bonds. The number of ether oxygens (including phenoxy) is 2. The molecule has 104 valence electrons. The molecule has 1 aliphatic heterocycles. The van der Waals surface area contributed by atoms with Gasteiger partial charge in [-0.3, -0.25) is 9.69 Å². The summed E-state index contributed by atoms with van der Waals surface area (Å²) in [5.41, 5.74) is 0.794. The van der Waals surface area contributed by atoms with E-state index in [1.54, 1.807) is 13.2 Å². The molecular formula is C13H18N2O4. The smallest absolute Gasteiger partial charge is 0.323 e. The van der Waals surface area contributed by atoms with Gasteiger partial charge in [0.15, 0.2) is 0 Å². The molecule has 1 aromatic heterocycles. The summed E-state index contributed by atoms with van der Waals surface area (Å²) in [6.45, 7) is 0.923. The van der Waals surface area contributed by atoms with Gasteiger partial charge in [0.05, 0.1) is 26.0 Å². The van der Waals surface area contributed by atoms with Gasteiger partial charge in [0, 0.05) is 25.6 Å². The number of aromatic nitrogens is 1. The van der Waals surface area contributed by atoms with Crippen molar-refractivity contribution < 1.29 is 19.4 Å². The van der Waals surface area contributed by atoms with Crippen molar-refractivity contribution in [2.75, 3.05) is 20.8 Å². The van der Waals surface area contributed by atoms with E-state index in [2.05, 4.69) is 4.98 Å². The Hall–Kier alpha value is -1.66. The van der Waals surface area contributed by atoms with E-state index < -0.39 is 12.1 Å². The molecule has 1 aliphatic rings. The van der Waals surface area contributed by atoms with Crippen LogP contribution in [0.4, 0.5) is 0 Å². The van der Waals surface area contributed by atoms with Crippen molar-refractivity contribution in [2.45, 2.75) is 25.1 Å². The number of likely N-dealkylation sites (tertiary alicyclic amines) is 1. The van der Waals surface area contributed by atoms with E-state index in [0.29, 0.717) is 25.4 Å². The second-order valence-corrected chi connectivity index (χ2v) is 4.53. The van der Waals surface area contributed by atoms with Gasteiger partial charge in [0.1, 0.15) is 6.04 Å². The van der Waals surface area contributed by atoms with Crippen molar-refractivity contribution in [1.29, 1.82) is 0 Å². The van der Waals surface area contributed by atoms with Gasteiger partial charge >= 0.3 is 5.97 Å². The first-order valence-electron chi connectivity index (χ1n) is 6.14. The van der Waals surface area contributed by atoms with Gasteiger partial charge in [0.2, 0.25) is 5.88 Å². The Morgan fingerprint density at radius 3 is 3.00 bits per heavy atom. The minimum absolute atomic E-state index is 0.320. The van der Waals surface area contributed by atoms with Gasteiger partial charge in [-0.2, -0.15) is 0 Å². The fraction of sp³-hybridized carbons (Fsp3) is 0.538. The van der Waals surface area contributed by atoms with E-state index >= 15 is 0 Å². The number of aliphatic hydroxyl groups excluding tert-OH is 1. The fourth-order valence-electron chi connectivity index (χ4n) is 2.30. The maximum Gasteiger partial charge on any atom is 0.323 e. The first-order valence-corrected chi connectivity index (χ1v) is 6.14. The predicted octanol–water partition coefficient (Wildman–Crippen LogP) is 0.198. The summed E-state index contributed by atoms with van der Waals surface area (Å²) in [6.07, 6.45) is -0.105. The number of carbonyl (C=O) groups excluding carboxylic acids is 1. The number of β-amino-alcohol motifs (C(OH)–C–C–N with tert-alkyl or cyclic N) is 1. The number of aliphatic hydroxyl groups is 1. The van der Waals surface area contributed by atoms with Crippen molar-refractivity contribution in [2.24, 2.45) is 0 Å². The molecule has 2 rings (SSSR count). The fourth-order valence-corrected chi connectivity index (χ4v) is 2.30. The lowest BCUT2D eigenvalue weighted by atomic mass is 10.2. The van der Waals surface area contributed by atoms with Crippen LogP contribution in [0.3, 0.4) is 0 Å². The molecule has 0 bridgehead atoms. The Morgan fingerprint density at radius 1 is 1.53 bits per heavy atom. The highest BCUT2D eigenvalue weighted by Gasteiger charge is 2.36. The highest BCUT2D eigenvalue weighted by Crippen LogP contribution is 2.21. The molecule has 1 aromatic rings. The van der Waals surface area contributed by atoms with Crippen LogP contribution in [0.5, 0.6) is 5.88 Å². The van der Waals surface area contributed by atoms with Gasteiger partial charge in [-0.15, -0.1) is 0 Å². The molecule has 6 heteroatoms. The zero-order valence-corrected chi connectivity index (χ0v) is 11.1. The lowest BCUT2D eigenvalue weighted by molar-refractivity contribution is -0.146. The second kappa shape index (κ2) is 5.99. The van der Waals surface area contributed by atoms with Crippen LogP contribution in [-0.4, -0.2) is 53.9 Å². The van der Waals surface area contributed by atoms with E-state index in [4.69, 9.17) is 9.47 Å². The minimum atomic E-state index is -0.505. The van der Waals surface area contributed by atoms with Crippen LogP contribution in [0, 0.1) is 0 Å². The highest BCUT2D eigenvalue weighted by molar-refractivity contribution is 5.76. The Kier molecular flexibility index (Phi) is 4.34. The summed E-state index contributed by atoms with van der Waals surface area (Å²) in [5.74, 6) is 0.214. The van der Waals surface area contributed by atoms with Crippen LogP contribution in [0.25, 0.3) is 0 Å². The number of nitrogens with zero attached hydrogens (tertiary/aromatic N) is 2. The second-order valence-electron chi connectivity index (χ2n) is 4.53. The van der Waals surface area contributed by atoms with Crippen LogP contribution < -0.4 is 4.74 Å². The maximum absolute atomic E-state index is 11.7. The lowest BCUT2D eigenvalue weighted by Gasteiger charge is -2.21. The minimum Gasteiger partial charge on any atom is -0.481 e. The van der Waals surface area contributed by atoms with Crippen molar-refractivity contribution >= 4 is 5.97 Å². The van der Waals surface area contributed by atoms with E-state index in [-0.39, 0.29) is 5.97 Å². The van der Waals surface area contributed by atoms with Crippen molar-refractivity contribution in [3.63, 3.8) is 0 Å². The first-order chi connectivity index (χ1) is 9.13. The van der Waals surface area contributed by atoms with Crippen LogP contribution >= 0.6 is 0 Å². The Bertz CT molecular complexity index is 452. The van der Waals surface area contributed by atoms with E-state index in [0.717, 1.165) is 5.69 Å². The average molecular weight is 266 g/mol. The molecule has 0 radical (unpaired) electrons. The van der Waals surface area contributed by atoms with Gasteiger partial charge < -0.3 is 14.6 Å². The average Bonchev–Trinajstić information content (AvgIpc) is 2.79. The third-order valence-corrected chi connectivity index (χ3v) is 3.21. The largest absolute Gasteiger partial charge is 0.481 e. The monoisotopic (exact) mass is 266 g/mol. The highest BCUT2D eigenvalue weighted by atomic mass is 16.5. The van der Waals surface area contributed by atoms with Gasteiger partial charge in [0.25, 0.3) is 0 Å². The van der Waals surface area contributed by atoms with Crippen LogP contribution in [0.15, 0.2) is 18.2 Å². The quantitative estimate of drug-likeness (QED) is 0.785. The summed E-state index contributed by atoms with van der Waals surface area (Å²) >= 11 is 0. The summed E-state index contributed by atoms with van der Waals surface area (Å²) in [6, 6.07) is 5.07. The van der Waals surface area contributed by atoms with Gasteiger partial charge in [-0.05, 0) is 6.07 Å². The molecule has 0 spiro atoms. The molecule has 2 unspecified atom stereocenters. The molecular weight excluding hydrogens is 248 g/mol. The number of methoxy groups -OCH3 is 2. The Balaban J connectivity index is 2.09. The molecule has 2 heterocycles. The van der Waals surface area contributed by atoms with Gasteiger partial charge in [-0.25, -0.2) is 4.98 Å². The lowest BCUT2D eigenvalue weighted by Crippen LogP contribution is -2.36. The molecule has 1 saturated heterocycles. The number of carbonyl (C=O) groups is 1. The standard InChI is InChI=1S/C13H18N2O4/c1-18-12-5-3-4-9(14-12)7-15-8-10(16)6-11(15)13(17)19-2/h3-5,10-11,16H,6-8H2,1-2H3. The van der Waals surface area contributed by atoms with Crippen molar-refractivity contribution in [1.82, 2.24) is 9.88 Å². The zero-order valence-electron chi connectivity index (χ0n) is 11.1. The topological polar surface area (TPSA) is 71.9 Å². The normalized spacial score (nSPS) is 23.3. The van der Waals surface area contributed by atoms with E-state index in [9.17, 15) is 9.90 Å². The van der Waals surface area contributed by atoms with E-state index in [1.165, 1.54) is 7.11 Å². The predicted molar refractivity (Wildman–Crippen MR) is 67.6 cm³/mol. The summed E-state index contributed by atoms with van der Waals surface area (Å²) in [5, 5.41) is 9.70. The third-order valence-electron chi connectivity index (χ3n) is 3.21. The van der Waals surface area contributed by atoms with Crippen LogP contribution in [-0.2, 0) is 16.1 Å². The Morgan fingerprint density at radius 2 is 2.32 bits per heavy atom. The third kappa shape index (κ3) is 3.21. The van der Waals surface area contributed by atoms with Crippen molar-refractivity contribution in [3.05, 3.63) is 23.9 Å². The van der Waals surface area contributed by atoms with Gasteiger partial charge in [-0.1, -0.05) is 6.07 Å². The molecule has 2 atom stereocenters. The maximum atomic E-state index is 11.7. The van der Waals surface area contributed by atoms with E-state index in [1.807, 2.05) is 17.0 Å². The van der Waals surface area contributed by atoms with Crippen LogP contribution in [0.1, 0.15) is 12.1 Å². The summed E-state index contributed by atoms with van der Waals surface area (Å²) in [7, 11) is 2.91. The molecule has 6 nitrogen and oxygen atoms in total. The molecule has 0 aromatic carbocycles. The Labute approximate surface area is 112 Å². The number of esters is 1. The molecule has 19 heavy (non-hydrogen) atoms. The SMILES string of the molecule is COC(=O)C1CC(O)CN1Cc1cccc(OC)n1. The van der Waals surface area contributed by atoms with Crippen molar-refractivity contribution in [3.8, 4) is 5.88 Å². The molecule has 1 N–H and O–H groups in total. The number of hydrogen-bond donors (Lipinski definition) is 1. The zero-order chi connectivity index (χ0) is 13.8. The number of pyridine rings is 1. The number of rotatable bonds is 4. The molecule has 0 saturated carbocycles. The molecule has 1 fully saturated rings. The summed E-state index contributed by atoms with van der Waals surface area (Å²) in [4.78, 5) is 17.8.